The number of rotatable bonds is 6. The number of benzene rings is 2. The van der Waals surface area contributed by atoms with Gasteiger partial charge in [0.1, 0.15) is 11.7 Å². The number of likely N-dealkylation sites (tertiary alicyclic amines) is 1. The average Bonchev–Trinajstić information content (AvgIpc) is 3.10. The van der Waals surface area contributed by atoms with Crippen LogP contribution >= 0.6 is 0 Å². The van der Waals surface area contributed by atoms with Crippen LogP contribution in [0.25, 0.3) is 0 Å². The van der Waals surface area contributed by atoms with E-state index in [1.165, 1.54) is 6.07 Å². The van der Waals surface area contributed by atoms with E-state index in [0.29, 0.717) is 25.3 Å². The van der Waals surface area contributed by atoms with Crippen molar-refractivity contribution in [3.63, 3.8) is 0 Å². The second kappa shape index (κ2) is 8.47. The van der Waals surface area contributed by atoms with Crippen molar-refractivity contribution in [3.05, 3.63) is 71.3 Å². The molecule has 0 aliphatic carbocycles. The largest absolute Gasteiger partial charge is 0.441 e. The molecule has 1 N–H and O–H groups in total. The van der Waals surface area contributed by atoms with E-state index in [0.717, 1.165) is 37.6 Å². The molecule has 1 unspecified atom stereocenters. The molecular formula is C22H24F2N2O3. The molecule has 29 heavy (non-hydrogen) atoms. The lowest BCUT2D eigenvalue weighted by Crippen LogP contribution is -2.47. The van der Waals surface area contributed by atoms with Gasteiger partial charge >= 0.3 is 6.09 Å². The molecule has 0 aromatic heterocycles. The molecule has 1 spiro atoms. The van der Waals surface area contributed by atoms with Crippen LogP contribution in [-0.4, -0.2) is 49.4 Å². The van der Waals surface area contributed by atoms with Crippen LogP contribution in [0, 0.1) is 11.6 Å². The molecule has 0 saturated carbocycles. The van der Waals surface area contributed by atoms with Gasteiger partial charge in [-0.1, -0.05) is 36.4 Å². The molecule has 5 nitrogen and oxygen atoms in total. The molecule has 2 saturated heterocycles. The van der Waals surface area contributed by atoms with E-state index in [2.05, 4.69) is 10.2 Å². The first-order valence-electron chi connectivity index (χ1n) is 9.85. The highest BCUT2D eigenvalue weighted by atomic mass is 19.2. The fraction of sp³-hybridized carbons (Fsp3) is 0.409. The summed E-state index contributed by atoms with van der Waals surface area (Å²) < 4.78 is 38.7. The van der Waals surface area contributed by atoms with Crippen LogP contribution in [-0.2, 0) is 9.47 Å². The lowest BCUT2D eigenvalue weighted by Gasteiger charge is -2.37. The summed E-state index contributed by atoms with van der Waals surface area (Å²) in [6.45, 7) is 3.37. The Morgan fingerprint density at radius 2 is 1.83 bits per heavy atom. The van der Waals surface area contributed by atoms with E-state index < -0.39 is 17.7 Å². The number of halogens is 2. The van der Waals surface area contributed by atoms with Gasteiger partial charge in [-0.15, -0.1) is 0 Å². The average molecular weight is 402 g/mol. The maximum absolute atomic E-state index is 13.8. The second-order valence-corrected chi connectivity index (χ2v) is 7.60. The van der Waals surface area contributed by atoms with E-state index >= 15 is 0 Å². The first-order valence-corrected chi connectivity index (χ1v) is 9.85. The van der Waals surface area contributed by atoms with Crippen LogP contribution in [0.4, 0.5) is 13.6 Å². The molecule has 2 heterocycles. The highest BCUT2D eigenvalue weighted by molar-refractivity contribution is 5.70. The summed E-state index contributed by atoms with van der Waals surface area (Å²) in [4.78, 5) is 13.6. The normalized spacial score (nSPS) is 19.7. The first-order chi connectivity index (χ1) is 14.0. The van der Waals surface area contributed by atoms with Gasteiger partial charge in [-0.2, -0.15) is 0 Å². The monoisotopic (exact) mass is 402 g/mol. The molecule has 7 heteroatoms. The molecule has 2 aromatic carbocycles. The van der Waals surface area contributed by atoms with E-state index in [-0.39, 0.29) is 11.7 Å². The summed E-state index contributed by atoms with van der Waals surface area (Å²) in [5.74, 6) is -1.75. The molecule has 2 fully saturated rings. The number of ether oxygens (including phenoxy) is 2. The Balaban J connectivity index is 1.36. The van der Waals surface area contributed by atoms with Gasteiger partial charge in [0.05, 0.1) is 13.2 Å². The zero-order chi connectivity index (χ0) is 20.3. The van der Waals surface area contributed by atoms with Gasteiger partial charge in [0.2, 0.25) is 0 Å². The minimum Gasteiger partial charge on any atom is -0.441 e. The Morgan fingerprint density at radius 3 is 2.48 bits per heavy atom. The smallest absolute Gasteiger partial charge is 0.407 e. The van der Waals surface area contributed by atoms with Gasteiger partial charge in [0.15, 0.2) is 11.6 Å². The van der Waals surface area contributed by atoms with Gasteiger partial charge in [0, 0.05) is 32.5 Å². The maximum Gasteiger partial charge on any atom is 0.407 e. The van der Waals surface area contributed by atoms with Crippen molar-refractivity contribution in [2.24, 2.45) is 0 Å². The van der Waals surface area contributed by atoms with Gasteiger partial charge < -0.3 is 19.7 Å². The number of amides is 1. The summed E-state index contributed by atoms with van der Waals surface area (Å²) >= 11 is 0. The molecule has 4 rings (SSSR count). The summed E-state index contributed by atoms with van der Waals surface area (Å²) in [7, 11) is 0. The fourth-order valence-corrected chi connectivity index (χ4v) is 3.95. The van der Waals surface area contributed by atoms with Crippen molar-refractivity contribution in [1.29, 1.82) is 0 Å². The Labute approximate surface area is 168 Å². The number of hydrogen-bond acceptors (Lipinski definition) is 4. The highest BCUT2D eigenvalue weighted by Gasteiger charge is 2.42. The van der Waals surface area contributed by atoms with Gasteiger partial charge in [-0.3, -0.25) is 0 Å². The van der Waals surface area contributed by atoms with Crippen LogP contribution in [0.2, 0.25) is 0 Å². The number of alkyl carbamates (subject to hydrolysis) is 1. The van der Waals surface area contributed by atoms with Crippen molar-refractivity contribution in [3.8, 4) is 0 Å². The third-order valence-electron chi connectivity index (χ3n) is 5.67. The number of carbonyl (C=O) groups excluding carboxylic acids is 1. The minimum atomic E-state index is -0.881. The molecular weight excluding hydrogens is 378 g/mol. The van der Waals surface area contributed by atoms with Crippen molar-refractivity contribution in [1.82, 2.24) is 10.2 Å². The topological polar surface area (TPSA) is 50.8 Å². The molecule has 0 bridgehead atoms. The Morgan fingerprint density at radius 1 is 1.07 bits per heavy atom. The summed E-state index contributed by atoms with van der Waals surface area (Å²) in [5.41, 5.74) is 1.10. The van der Waals surface area contributed by atoms with Crippen molar-refractivity contribution in [2.75, 3.05) is 32.8 Å². The lowest BCUT2D eigenvalue weighted by atomic mass is 9.92. The molecule has 2 aliphatic heterocycles. The number of carbonyl (C=O) groups is 1. The molecule has 154 valence electrons. The van der Waals surface area contributed by atoms with E-state index in [4.69, 9.17) is 9.47 Å². The molecule has 1 atom stereocenters. The van der Waals surface area contributed by atoms with Crippen LogP contribution in [0.1, 0.15) is 30.1 Å². The molecule has 0 radical (unpaired) electrons. The molecule has 2 aliphatic rings. The Bertz CT molecular complexity index is 854. The first kappa shape index (κ1) is 19.8. The predicted molar refractivity (Wildman–Crippen MR) is 103 cm³/mol. The minimum absolute atomic E-state index is 0.334. The second-order valence-electron chi connectivity index (χ2n) is 7.60. The molecule has 1 amide bonds. The summed E-state index contributed by atoms with van der Waals surface area (Å²) in [5, 5.41) is 2.74. The number of nitrogens with one attached hydrogen (secondary N) is 1. The summed E-state index contributed by atoms with van der Waals surface area (Å²) in [6, 6.07) is 13.4. The van der Waals surface area contributed by atoms with E-state index in [9.17, 15) is 13.6 Å². The fourth-order valence-electron chi connectivity index (χ4n) is 3.95. The van der Waals surface area contributed by atoms with Crippen molar-refractivity contribution >= 4 is 6.09 Å². The SMILES string of the molecule is O=C1NCC2(CCN(CCOC(c3ccccc3)c3ccc(F)c(F)c3)CC2)O1. The van der Waals surface area contributed by atoms with Gasteiger partial charge in [-0.25, -0.2) is 13.6 Å². The zero-order valence-corrected chi connectivity index (χ0v) is 16.1. The Hall–Kier alpha value is -2.51. The van der Waals surface area contributed by atoms with Crippen molar-refractivity contribution in [2.45, 2.75) is 24.5 Å². The van der Waals surface area contributed by atoms with Crippen LogP contribution < -0.4 is 5.32 Å². The zero-order valence-electron chi connectivity index (χ0n) is 16.1. The van der Waals surface area contributed by atoms with Crippen LogP contribution in [0.15, 0.2) is 48.5 Å². The maximum atomic E-state index is 13.8. The van der Waals surface area contributed by atoms with Crippen molar-refractivity contribution < 1.29 is 23.0 Å². The standard InChI is InChI=1S/C22H24F2N2O3/c23-18-7-6-17(14-19(18)24)20(16-4-2-1-3-5-16)28-13-12-26-10-8-22(9-11-26)15-25-21(27)29-22/h1-7,14,20H,8-13,15H2,(H,25,27). The number of piperidine rings is 1. The van der Waals surface area contributed by atoms with E-state index in [1.54, 1.807) is 6.07 Å². The van der Waals surface area contributed by atoms with E-state index in [1.807, 2.05) is 30.3 Å². The number of hydrogen-bond donors (Lipinski definition) is 1. The van der Waals surface area contributed by atoms with Crippen LogP contribution in [0.5, 0.6) is 0 Å². The lowest BCUT2D eigenvalue weighted by molar-refractivity contribution is -0.0105. The highest BCUT2D eigenvalue weighted by Crippen LogP contribution is 2.30. The number of nitrogens with zero attached hydrogens (tertiary/aromatic N) is 1. The predicted octanol–water partition coefficient (Wildman–Crippen LogP) is 3.65. The van der Waals surface area contributed by atoms with Gasteiger partial charge in [-0.05, 0) is 23.3 Å². The summed E-state index contributed by atoms with van der Waals surface area (Å²) in [6.07, 6.45) is 0.773. The van der Waals surface area contributed by atoms with Crippen LogP contribution in [0.3, 0.4) is 0 Å². The third kappa shape index (κ3) is 4.57. The third-order valence-corrected chi connectivity index (χ3v) is 5.67. The Kier molecular flexibility index (Phi) is 5.78. The van der Waals surface area contributed by atoms with Gasteiger partial charge in [0.25, 0.3) is 0 Å². The quantitative estimate of drug-likeness (QED) is 0.802. The molecule has 2 aromatic rings.